The van der Waals surface area contributed by atoms with E-state index in [1.807, 2.05) is 24.4 Å². The summed E-state index contributed by atoms with van der Waals surface area (Å²) in [6.45, 7) is 5.01. The molecule has 2 N–H and O–H groups in total. The smallest absolute Gasteiger partial charge is 0.118 e. The molecule has 1 fully saturated rings. The Morgan fingerprint density at radius 2 is 2.06 bits per heavy atom. The third-order valence-electron chi connectivity index (χ3n) is 6.20. The zero-order valence-corrected chi connectivity index (χ0v) is 19.4. The van der Waals surface area contributed by atoms with Crippen LogP contribution < -0.4 is 19.7 Å². The third-order valence-corrected chi connectivity index (χ3v) is 7.12. The van der Waals surface area contributed by atoms with Crippen LogP contribution >= 0.6 is 11.9 Å². The van der Waals surface area contributed by atoms with Crippen molar-refractivity contribution in [2.45, 2.75) is 32.2 Å². The Bertz CT molecular complexity index is 1080. The molecule has 0 spiro atoms. The van der Waals surface area contributed by atoms with Crippen molar-refractivity contribution in [3.8, 4) is 17.0 Å². The van der Waals surface area contributed by atoms with E-state index in [4.69, 9.17) is 14.7 Å². The van der Waals surface area contributed by atoms with Crippen molar-refractivity contribution < 1.29 is 4.74 Å². The van der Waals surface area contributed by atoms with Crippen molar-refractivity contribution in [3.63, 3.8) is 0 Å². The summed E-state index contributed by atoms with van der Waals surface area (Å²) in [5, 5.41) is 4.83. The van der Waals surface area contributed by atoms with Gasteiger partial charge in [0.1, 0.15) is 11.4 Å². The summed E-state index contributed by atoms with van der Waals surface area (Å²) in [5.74, 6) is 0.906. The number of anilines is 2. The van der Waals surface area contributed by atoms with Crippen LogP contribution in [-0.2, 0) is 6.42 Å². The van der Waals surface area contributed by atoms with Crippen LogP contribution in [0.4, 0.5) is 17.1 Å². The minimum Gasteiger partial charge on any atom is -0.497 e. The van der Waals surface area contributed by atoms with Crippen LogP contribution in [0.1, 0.15) is 25.3 Å². The van der Waals surface area contributed by atoms with E-state index in [2.05, 4.69) is 46.1 Å². The first kappa shape index (κ1) is 21.1. The van der Waals surface area contributed by atoms with Crippen molar-refractivity contribution >= 4 is 34.1 Å². The van der Waals surface area contributed by atoms with Gasteiger partial charge in [-0.3, -0.25) is 4.98 Å². The molecule has 32 heavy (non-hydrogen) atoms. The lowest BCUT2D eigenvalue weighted by Gasteiger charge is -2.35. The van der Waals surface area contributed by atoms with Gasteiger partial charge in [-0.25, -0.2) is 4.99 Å². The number of hydrogen-bond donors (Lipinski definition) is 2. The molecule has 1 saturated heterocycles. The Kier molecular flexibility index (Phi) is 6.19. The summed E-state index contributed by atoms with van der Waals surface area (Å²) in [6.07, 6.45) is 4.94. The Labute approximate surface area is 194 Å². The van der Waals surface area contributed by atoms with Gasteiger partial charge < -0.3 is 19.7 Å². The molecular weight excluding hydrogens is 418 g/mol. The standard InChI is InChI=1S/C25H29N5OS/c1-3-21-28-24-22(29-32-21)20-6-4-5-13-27-23(20)25(24)30-15-14-26-18(16-30)10-7-17-8-11-19(31-2)12-9-17/h4-6,8-9,11-13,18,26,29H,3,7,10,14-16H2,1-2H3/t18-/m0/s1. The van der Waals surface area contributed by atoms with E-state index < -0.39 is 0 Å². The van der Waals surface area contributed by atoms with Gasteiger partial charge in [0.15, 0.2) is 0 Å². The number of piperazine rings is 1. The highest BCUT2D eigenvalue weighted by atomic mass is 32.2. The number of aryl methyl sites for hydroxylation is 1. The van der Waals surface area contributed by atoms with Crippen LogP contribution in [0.3, 0.4) is 0 Å². The van der Waals surface area contributed by atoms with Gasteiger partial charge in [-0.05, 0) is 43.0 Å². The van der Waals surface area contributed by atoms with Gasteiger partial charge in [-0.1, -0.05) is 31.2 Å². The minimum atomic E-state index is 0.421. The average Bonchev–Trinajstić information content (AvgIpc) is 2.97. The van der Waals surface area contributed by atoms with Crippen molar-refractivity contribution in [1.82, 2.24) is 10.3 Å². The van der Waals surface area contributed by atoms with Crippen molar-refractivity contribution in [2.24, 2.45) is 4.99 Å². The highest BCUT2D eigenvalue weighted by Gasteiger charge is 2.32. The fraction of sp³-hybridized carbons (Fsp3) is 0.360. The van der Waals surface area contributed by atoms with Crippen LogP contribution in [0.2, 0.25) is 0 Å². The highest BCUT2D eigenvalue weighted by Crippen LogP contribution is 2.53. The van der Waals surface area contributed by atoms with E-state index in [9.17, 15) is 0 Å². The van der Waals surface area contributed by atoms with E-state index in [1.165, 1.54) is 11.3 Å². The third kappa shape index (κ3) is 4.14. The van der Waals surface area contributed by atoms with E-state index in [1.54, 1.807) is 19.1 Å². The van der Waals surface area contributed by atoms with E-state index in [0.29, 0.717) is 6.04 Å². The second-order valence-corrected chi connectivity index (χ2v) is 9.09. The number of ether oxygens (including phenoxy) is 1. The zero-order valence-electron chi connectivity index (χ0n) is 18.6. The van der Waals surface area contributed by atoms with Gasteiger partial charge in [0.05, 0.1) is 29.2 Å². The first-order chi connectivity index (χ1) is 15.8. The van der Waals surface area contributed by atoms with Gasteiger partial charge in [0.2, 0.25) is 0 Å². The number of fused-ring (bicyclic) bond motifs is 3. The number of methoxy groups -OCH3 is 1. The number of aromatic nitrogens is 1. The second kappa shape index (κ2) is 9.38. The number of aliphatic imine (C=N–C) groups is 1. The predicted molar refractivity (Wildman–Crippen MR) is 135 cm³/mol. The summed E-state index contributed by atoms with van der Waals surface area (Å²) in [7, 11) is 1.71. The second-order valence-electron chi connectivity index (χ2n) is 8.21. The molecule has 5 rings (SSSR count). The Morgan fingerprint density at radius 1 is 1.19 bits per heavy atom. The van der Waals surface area contributed by atoms with E-state index in [-0.39, 0.29) is 0 Å². The maximum absolute atomic E-state index is 5.28. The van der Waals surface area contributed by atoms with Crippen LogP contribution in [-0.4, -0.2) is 42.8 Å². The monoisotopic (exact) mass is 447 g/mol. The molecule has 0 bridgehead atoms. The molecule has 1 aromatic rings. The Hall–Kier alpha value is -2.77. The number of nitrogens with one attached hydrogen (secondary N) is 2. The fourth-order valence-corrected chi connectivity index (χ4v) is 5.20. The molecule has 6 nitrogen and oxygen atoms in total. The lowest BCUT2D eigenvalue weighted by Crippen LogP contribution is -2.51. The maximum atomic E-state index is 5.28. The average molecular weight is 448 g/mol. The molecule has 166 valence electrons. The van der Waals surface area contributed by atoms with E-state index in [0.717, 1.165) is 72.3 Å². The van der Waals surface area contributed by atoms with Gasteiger partial charge in [0, 0.05) is 49.4 Å². The molecule has 3 heterocycles. The van der Waals surface area contributed by atoms with E-state index >= 15 is 0 Å². The summed E-state index contributed by atoms with van der Waals surface area (Å²) >= 11 is 1.62. The molecule has 4 aliphatic rings. The Balaban J connectivity index is 1.40. The van der Waals surface area contributed by atoms with Crippen LogP contribution in [0.25, 0.3) is 11.3 Å². The van der Waals surface area contributed by atoms with Gasteiger partial charge in [0.25, 0.3) is 0 Å². The molecule has 0 unspecified atom stereocenters. The van der Waals surface area contributed by atoms with Gasteiger partial charge in [-0.2, -0.15) is 0 Å². The normalized spacial score (nSPS) is 18.1. The summed E-state index contributed by atoms with van der Waals surface area (Å²) < 4.78 is 8.82. The fourth-order valence-electron chi connectivity index (χ4n) is 4.49. The molecule has 1 atom stereocenters. The molecule has 0 amide bonds. The molecule has 7 heteroatoms. The number of benzene rings is 1. The van der Waals surface area contributed by atoms with Crippen molar-refractivity contribution in [3.05, 3.63) is 54.2 Å². The molecule has 3 aliphatic heterocycles. The van der Waals surface area contributed by atoms with Crippen LogP contribution in [0.15, 0.2) is 53.7 Å². The number of hydrogen-bond acceptors (Lipinski definition) is 7. The zero-order chi connectivity index (χ0) is 21.9. The molecule has 0 aromatic heterocycles. The number of nitrogens with zero attached hydrogens (tertiary/aromatic N) is 3. The quantitative estimate of drug-likeness (QED) is 0.512. The molecule has 1 aliphatic carbocycles. The molecule has 0 saturated carbocycles. The molecular formula is C25H29N5OS. The lowest BCUT2D eigenvalue weighted by molar-refractivity contribution is 0.414. The maximum Gasteiger partial charge on any atom is 0.118 e. The number of rotatable bonds is 6. The van der Waals surface area contributed by atoms with Crippen molar-refractivity contribution in [1.29, 1.82) is 0 Å². The van der Waals surface area contributed by atoms with Gasteiger partial charge >= 0.3 is 0 Å². The molecule has 1 aromatic carbocycles. The Morgan fingerprint density at radius 3 is 2.88 bits per heavy atom. The predicted octanol–water partition coefficient (Wildman–Crippen LogP) is 5.12. The topological polar surface area (TPSA) is 61.8 Å². The highest BCUT2D eigenvalue weighted by molar-refractivity contribution is 8.15. The largest absolute Gasteiger partial charge is 0.497 e. The SMILES string of the molecule is CCC1=Nc2c(c3ccccnc-3c2N2CCN[C@@H](CCc3ccc(OC)cc3)C2)NS1. The lowest BCUT2D eigenvalue weighted by atomic mass is 10.0. The van der Waals surface area contributed by atoms with Crippen molar-refractivity contribution in [2.75, 3.05) is 36.4 Å². The summed E-state index contributed by atoms with van der Waals surface area (Å²) in [6, 6.07) is 15.0. The minimum absolute atomic E-state index is 0.421. The van der Waals surface area contributed by atoms with Crippen LogP contribution in [0.5, 0.6) is 5.75 Å². The van der Waals surface area contributed by atoms with Crippen LogP contribution in [0, 0.1) is 0 Å². The first-order valence-electron chi connectivity index (χ1n) is 11.3. The molecule has 0 radical (unpaired) electrons. The summed E-state index contributed by atoms with van der Waals surface area (Å²) in [5.41, 5.74) is 6.82. The summed E-state index contributed by atoms with van der Waals surface area (Å²) in [4.78, 5) is 12.3. The first-order valence-corrected chi connectivity index (χ1v) is 12.1. The van der Waals surface area contributed by atoms with Gasteiger partial charge in [-0.15, -0.1) is 0 Å².